The highest BCUT2D eigenvalue weighted by molar-refractivity contribution is 7.09. The Morgan fingerprint density at radius 3 is 2.81 bits per heavy atom. The van der Waals surface area contributed by atoms with Gasteiger partial charge in [0.2, 0.25) is 5.13 Å². The standard InChI is InChI=1S/C12H21N3S/c1-3-9-7-5-6-8-10(9)13-12-14-11(4-2)15-16-12/h9-10H,3-8H2,1-2H3,(H,13,14,15). The fraction of sp³-hybridized carbons (Fsp3) is 0.833. The summed E-state index contributed by atoms with van der Waals surface area (Å²) in [5, 5.41) is 4.60. The molecule has 1 fully saturated rings. The van der Waals surface area contributed by atoms with Gasteiger partial charge in [0.15, 0.2) is 0 Å². The molecule has 1 aromatic heterocycles. The molecule has 2 unspecified atom stereocenters. The van der Waals surface area contributed by atoms with E-state index in [1.54, 1.807) is 0 Å². The Labute approximate surface area is 102 Å². The number of hydrogen-bond donors (Lipinski definition) is 1. The number of rotatable bonds is 4. The summed E-state index contributed by atoms with van der Waals surface area (Å²) in [7, 11) is 0. The van der Waals surface area contributed by atoms with Crippen LogP contribution in [-0.2, 0) is 6.42 Å². The zero-order valence-electron chi connectivity index (χ0n) is 10.2. The molecular weight excluding hydrogens is 218 g/mol. The van der Waals surface area contributed by atoms with Gasteiger partial charge in [-0.1, -0.05) is 33.1 Å². The summed E-state index contributed by atoms with van der Waals surface area (Å²) in [6.45, 7) is 4.39. The second-order valence-electron chi connectivity index (χ2n) is 4.57. The monoisotopic (exact) mass is 239 g/mol. The van der Waals surface area contributed by atoms with Crippen molar-refractivity contribution in [3.63, 3.8) is 0 Å². The average molecular weight is 239 g/mol. The first-order valence-corrected chi connectivity index (χ1v) is 7.20. The first-order chi connectivity index (χ1) is 7.83. The van der Waals surface area contributed by atoms with E-state index in [1.807, 2.05) is 0 Å². The van der Waals surface area contributed by atoms with E-state index in [-0.39, 0.29) is 0 Å². The van der Waals surface area contributed by atoms with Crippen LogP contribution in [0.3, 0.4) is 0 Å². The normalized spacial score (nSPS) is 25.6. The van der Waals surface area contributed by atoms with Crippen LogP contribution < -0.4 is 5.32 Å². The molecule has 4 heteroatoms. The van der Waals surface area contributed by atoms with Gasteiger partial charge in [-0.3, -0.25) is 0 Å². The van der Waals surface area contributed by atoms with Crippen molar-refractivity contribution in [2.45, 2.75) is 58.4 Å². The van der Waals surface area contributed by atoms with Crippen molar-refractivity contribution in [1.29, 1.82) is 0 Å². The van der Waals surface area contributed by atoms with Gasteiger partial charge in [-0.05, 0) is 18.8 Å². The Bertz CT molecular complexity index is 324. The molecule has 16 heavy (non-hydrogen) atoms. The molecular formula is C12H21N3S. The Morgan fingerprint density at radius 2 is 2.12 bits per heavy atom. The third kappa shape index (κ3) is 2.73. The molecule has 90 valence electrons. The zero-order chi connectivity index (χ0) is 11.4. The summed E-state index contributed by atoms with van der Waals surface area (Å²) in [6, 6.07) is 0.622. The van der Waals surface area contributed by atoms with Crippen LogP contribution in [0.25, 0.3) is 0 Å². The van der Waals surface area contributed by atoms with E-state index in [4.69, 9.17) is 0 Å². The van der Waals surface area contributed by atoms with Gasteiger partial charge >= 0.3 is 0 Å². The topological polar surface area (TPSA) is 37.8 Å². The van der Waals surface area contributed by atoms with Gasteiger partial charge in [-0.15, -0.1) is 0 Å². The molecule has 1 heterocycles. The number of nitrogens with zero attached hydrogens (tertiary/aromatic N) is 2. The highest BCUT2D eigenvalue weighted by Crippen LogP contribution is 2.29. The van der Waals surface area contributed by atoms with Crippen molar-refractivity contribution in [2.24, 2.45) is 5.92 Å². The molecule has 3 nitrogen and oxygen atoms in total. The summed E-state index contributed by atoms with van der Waals surface area (Å²) in [5.41, 5.74) is 0. The van der Waals surface area contributed by atoms with E-state index in [1.165, 1.54) is 43.6 Å². The van der Waals surface area contributed by atoms with Crippen LogP contribution in [0.15, 0.2) is 0 Å². The van der Waals surface area contributed by atoms with Crippen molar-refractivity contribution in [3.8, 4) is 0 Å². The predicted molar refractivity (Wildman–Crippen MR) is 68.9 cm³/mol. The van der Waals surface area contributed by atoms with Gasteiger partial charge < -0.3 is 5.32 Å². The molecule has 1 saturated carbocycles. The van der Waals surface area contributed by atoms with Crippen molar-refractivity contribution in [2.75, 3.05) is 5.32 Å². The number of anilines is 1. The Morgan fingerprint density at radius 1 is 1.31 bits per heavy atom. The van der Waals surface area contributed by atoms with Crippen LogP contribution in [0.5, 0.6) is 0 Å². The van der Waals surface area contributed by atoms with Gasteiger partial charge in [0, 0.05) is 24.0 Å². The number of aryl methyl sites for hydroxylation is 1. The molecule has 2 rings (SSSR count). The molecule has 0 spiro atoms. The highest BCUT2D eigenvalue weighted by atomic mass is 32.1. The minimum atomic E-state index is 0.622. The SMILES string of the molecule is CCc1nsc(NC2CCCCC2CC)n1. The molecule has 0 amide bonds. The van der Waals surface area contributed by atoms with Crippen LogP contribution in [0.4, 0.5) is 5.13 Å². The summed E-state index contributed by atoms with van der Waals surface area (Å²) in [5.74, 6) is 1.79. The molecule has 0 aromatic carbocycles. The summed E-state index contributed by atoms with van der Waals surface area (Å²) in [4.78, 5) is 4.49. The minimum Gasteiger partial charge on any atom is -0.357 e. The molecule has 1 N–H and O–H groups in total. The van der Waals surface area contributed by atoms with Crippen molar-refractivity contribution < 1.29 is 0 Å². The van der Waals surface area contributed by atoms with Crippen molar-refractivity contribution in [3.05, 3.63) is 5.82 Å². The number of nitrogens with one attached hydrogen (secondary N) is 1. The van der Waals surface area contributed by atoms with Crippen molar-refractivity contribution >= 4 is 16.7 Å². The maximum Gasteiger partial charge on any atom is 0.202 e. The average Bonchev–Trinajstić information content (AvgIpc) is 2.77. The second-order valence-corrected chi connectivity index (χ2v) is 5.32. The lowest BCUT2D eigenvalue weighted by Crippen LogP contribution is -2.31. The number of aromatic nitrogens is 2. The minimum absolute atomic E-state index is 0.622. The van der Waals surface area contributed by atoms with E-state index < -0.39 is 0 Å². The molecule has 1 aromatic rings. The number of hydrogen-bond acceptors (Lipinski definition) is 4. The first-order valence-electron chi connectivity index (χ1n) is 6.42. The van der Waals surface area contributed by atoms with Gasteiger partial charge in [0.25, 0.3) is 0 Å². The molecule has 0 saturated heterocycles. The Hall–Kier alpha value is -0.640. The fourth-order valence-electron chi connectivity index (χ4n) is 2.50. The lowest BCUT2D eigenvalue weighted by Gasteiger charge is -2.31. The van der Waals surface area contributed by atoms with Crippen LogP contribution in [0.2, 0.25) is 0 Å². The molecule has 2 atom stereocenters. The largest absolute Gasteiger partial charge is 0.357 e. The third-order valence-electron chi connectivity index (χ3n) is 3.53. The van der Waals surface area contributed by atoms with E-state index in [0.717, 1.165) is 23.3 Å². The lowest BCUT2D eigenvalue weighted by atomic mass is 9.83. The maximum absolute atomic E-state index is 4.49. The quantitative estimate of drug-likeness (QED) is 0.874. The molecule has 1 aliphatic rings. The van der Waals surface area contributed by atoms with Crippen LogP contribution in [0, 0.1) is 5.92 Å². The van der Waals surface area contributed by atoms with Gasteiger partial charge in [-0.25, -0.2) is 4.98 Å². The molecule has 0 aliphatic heterocycles. The molecule has 0 bridgehead atoms. The summed E-state index contributed by atoms with van der Waals surface area (Å²) < 4.78 is 4.32. The second kappa shape index (κ2) is 5.62. The Balaban J connectivity index is 1.96. The maximum atomic E-state index is 4.49. The molecule has 0 radical (unpaired) electrons. The van der Waals surface area contributed by atoms with Crippen LogP contribution in [0.1, 0.15) is 51.8 Å². The van der Waals surface area contributed by atoms with E-state index in [9.17, 15) is 0 Å². The van der Waals surface area contributed by atoms with Crippen LogP contribution >= 0.6 is 11.5 Å². The third-order valence-corrected chi connectivity index (χ3v) is 4.21. The van der Waals surface area contributed by atoms with Gasteiger partial charge in [0.1, 0.15) is 5.82 Å². The highest BCUT2D eigenvalue weighted by Gasteiger charge is 2.24. The van der Waals surface area contributed by atoms with Gasteiger partial charge in [-0.2, -0.15) is 4.37 Å². The van der Waals surface area contributed by atoms with E-state index in [2.05, 4.69) is 28.5 Å². The van der Waals surface area contributed by atoms with E-state index in [0.29, 0.717) is 6.04 Å². The summed E-state index contributed by atoms with van der Waals surface area (Å²) in [6.07, 6.45) is 7.62. The predicted octanol–water partition coefficient (Wildman–Crippen LogP) is 3.48. The van der Waals surface area contributed by atoms with Crippen LogP contribution in [-0.4, -0.2) is 15.4 Å². The molecule has 1 aliphatic carbocycles. The van der Waals surface area contributed by atoms with Crippen molar-refractivity contribution in [1.82, 2.24) is 9.36 Å². The smallest absolute Gasteiger partial charge is 0.202 e. The Kier molecular flexibility index (Phi) is 4.16. The zero-order valence-corrected chi connectivity index (χ0v) is 11.0. The van der Waals surface area contributed by atoms with E-state index >= 15 is 0 Å². The fourth-order valence-corrected chi connectivity index (χ4v) is 3.21. The van der Waals surface area contributed by atoms with Gasteiger partial charge in [0.05, 0.1) is 0 Å². The lowest BCUT2D eigenvalue weighted by molar-refractivity contribution is 0.317. The first kappa shape index (κ1) is 11.8. The summed E-state index contributed by atoms with van der Waals surface area (Å²) >= 11 is 1.51.